The van der Waals surface area contributed by atoms with Crippen LogP contribution in [0.5, 0.6) is 0 Å². The summed E-state index contributed by atoms with van der Waals surface area (Å²) in [6.07, 6.45) is 1.13. The van der Waals surface area contributed by atoms with E-state index in [1.54, 1.807) is 0 Å². The summed E-state index contributed by atoms with van der Waals surface area (Å²) >= 11 is 0. The maximum absolute atomic E-state index is 12.3. The minimum absolute atomic E-state index is 0.106. The molecule has 26 heavy (non-hydrogen) atoms. The van der Waals surface area contributed by atoms with Crippen LogP contribution in [0.25, 0.3) is 32.3 Å². The van der Waals surface area contributed by atoms with Gasteiger partial charge < -0.3 is 15.5 Å². The number of nitrogens with one attached hydrogen (secondary N) is 1. The van der Waals surface area contributed by atoms with Crippen molar-refractivity contribution in [3.8, 4) is 0 Å². The summed E-state index contributed by atoms with van der Waals surface area (Å²) in [4.78, 5) is 12.3. The lowest BCUT2D eigenvalue weighted by Crippen LogP contribution is -2.26. The molecule has 3 N–H and O–H groups in total. The number of carbonyl (C=O) groups is 1. The number of aliphatic hydroxyl groups is 2. The quantitative estimate of drug-likeness (QED) is 0.366. The van der Waals surface area contributed by atoms with E-state index in [0.717, 1.165) is 10.9 Å². The third kappa shape index (κ3) is 2.80. The molecule has 0 saturated carbocycles. The SMILES string of the molecule is O=C(Cc1ccc2ccc3cccc4ccc1c2c34)NCC/C(O)=C\O. The summed E-state index contributed by atoms with van der Waals surface area (Å²) in [6, 6.07) is 18.8. The molecular formula is C22H19NO3. The molecule has 0 aliphatic carbocycles. The van der Waals surface area contributed by atoms with E-state index < -0.39 is 0 Å². The highest BCUT2D eigenvalue weighted by atomic mass is 16.3. The van der Waals surface area contributed by atoms with Crippen LogP contribution in [-0.4, -0.2) is 22.7 Å². The molecule has 0 saturated heterocycles. The zero-order valence-corrected chi connectivity index (χ0v) is 14.2. The van der Waals surface area contributed by atoms with E-state index in [1.165, 1.54) is 26.9 Å². The molecule has 4 rings (SSSR count). The first-order valence-electron chi connectivity index (χ1n) is 8.61. The van der Waals surface area contributed by atoms with Gasteiger partial charge in [0.15, 0.2) is 0 Å². The fourth-order valence-electron chi connectivity index (χ4n) is 3.58. The Bertz CT molecular complexity index is 1110. The van der Waals surface area contributed by atoms with E-state index in [9.17, 15) is 9.90 Å². The van der Waals surface area contributed by atoms with Crippen molar-refractivity contribution in [2.45, 2.75) is 12.8 Å². The number of hydrogen-bond donors (Lipinski definition) is 3. The lowest BCUT2D eigenvalue weighted by Gasteiger charge is -2.14. The molecule has 0 bridgehead atoms. The van der Waals surface area contributed by atoms with Crippen LogP contribution in [0.3, 0.4) is 0 Å². The largest absolute Gasteiger partial charge is 0.512 e. The van der Waals surface area contributed by atoms with Crippen LogP contribution in [0, 0.1) is 0 Å². The second-order valence-corrected chi connectivity index (χ2v) is 6.48. The summed E-state index contributed by atoms with van der Waals surface area (Å²) in [6.45, 7) is 0.285. The third-order valence-corrected chi connectivity index (χ3v) is 4.82. The molecule has 130 valence electrons. The van der Waals surface area contributed by atoms with Gasteiger partial charge in [-0.2, -0.15) is 0 Å². The molecule has 4 heteroatoms. The fourth-order valence-corrected chi connectivity index (χ4v) is 3.58. The van der Waals surface area contributed by atoms with Crippen molar-refractivity contribution in [1.29, 1.82) is 0 Å². The minimum Gasteiger partial charge on any atom is -0.512 e. The van der Waals surface area contributed by atoms with Gasteiger partial charge in [-0.1, -0.05) is 54.6 Å². The average Bonchev–Trinajstić information content (AvgIpc) is 2.67. The molecule has 0 spiro atoms. The van der Waals surface area contributed by atoms with Gasteiger partial charge in [-0.3, -0.25) is 4.79 Å². The predicted octanol–water partition coefficient (Wildman–Crippen LogP) is 4.59. The molecule has 0 fully saturated rings. The maximum Gasteiger partial charge on any atom is 0.224 e. The Kier molecular flexibility index (Phi) is 4.09. The van der Waals surface area contributed by atoms with E-state index in [4.69, 9.17) is 5.11 Å². The van der Waals surface area contributed by atoms with Gasteiger partial charge >= 0.3 is 0 Å². The maximum atomic E-state index is 12.3. The number of hydrogen-bond acceptors (Lipinski definition) is 3. The van der Waals surface area contributed by atoms with Crippen LogP contribution in [0.4, 0.5) is 0 Å². The average molecular weight is 345 g/mol. The lowest BCUT2D eigenvalue weighted by atomic mass is 9.91. The van der Waals surface area contributed by atoms with Crippen LogP contribution >= 0.6 is 0 Å². The summed E-state index contributed by atoms with van der Waals surface area (Å²) in [5.74, 6) is -0.251. The number of carbonyl (C=O) groups excluding carboxylic acids is 1. The van der Waals surface area contributed by atoms with Crippen molar-refractivity contribution in [1.82, 2.24) is 5.32 Å². The van der Waals surface area contributed by atoms with Crippen molar-refractivity contribution in [2.24, 2.45) is 0 Å². The molecule has 0 radical (unpaired) electrons. The molecule has 0 heterocycles. The summed E-state index contributed by atoms with van der Waals surface area (Å²) in [5, 5.41) is 27.8. The van der Waals surface area contributed by atoms with Crippen LogP contribution in [0.15, 0.2) is 66.6 Å². The van der Waals surface area contributed by atoms with Crippen molar-refractivity contribution in [3.63, 3.8) is 0 Å². The van der Waals surface area contributed by atoms with Crippen molar-refractivity contribution < 1.29 is 15.0 Å². The zero-order valence-electron chi connectivity index (χ0n) is 14.2. The van der Waals surface area contributed by atoms with Gasteiger partial charge in [0.1, 0.15) is 12.0 Å². The smallest absolute Gasteiger partial charge is 0.224 e. The topological polar surface area (TPSA) is 69.6 Å². The first-order valence-corrected chi connectivity index (χ1v) is 8.61. The fraction of sp³-hybridized carbons (Fsp3) is 0.136. The first kappa shape index (κ1) is 16.2. The Morgan fingerprint density at radius 3 is 2.31 bits per heavy atom. The lowest BCUT2D eigenvalue weighted by molar-refractivity contribution is -0.120. The van der Waals surface area contributed by atoms with Gasteiger partial charge in [0, 0.05) is 13.0 Å². The van der Waals surface area contributed by atoms with Gasteiger partial charge in [0.05, 0.1) is 6.42 Å². The van der Waals surface area contributed by atoms with Crippen molar-refractivity contribution >= 4 is 38.2 Å². The number of benzene rings is 4. The Hall–Kier alpha value is -3.27. The van der Waals surface area contributed by atoms with Crippen LogP contribution < -0.4 is 5.32 Å². The highest BCUT2D eigenvalue weighted by Crippen LogP contribution is 2.35. The number of amides is 1. The molecule has 4 aromatic carbocycles. The Labute approximate surface area is 150 Å². The van der Waals surface area contributed by atoms with Crippen LogP contribution in [0.2, 0.25) is 0 Å². The highest BCUT2D eigenvalue weighted by molar-refractivity contribution is 6.23. The molecular weight excluding hydrogens is 326 g/mol. The molecule has 4 nitrogen and oxygen atoms in total. The Balaban J connectivity index is 1.69. The Morgan fingerprint density at radius 2 is 1.58 bits per heavy atom. The summed E-state index contributed by atoms with van der Waals surface area (Å²) < 4.78 is 0. The number of rotatable bonds is 5. The zero-order chi connectivity index (χ0) is 18.1. The van der Waals surface area contributed by atoms with E-state index in [1.807, 2.05) is 6.07 Å². The van der Waals surface area contributed by atoms with E-state index >= 15 is 0 Å². The highest BCUT2D eigenvalue weighted by Gasteiger charge is 2.12. The van der Waals surface area contributed by atoms with Gasteiger partial charge in [-0.25, -0.2) is 0 Å². The molecule has 4 aromatic rings. The predicted molar refractivity (Wildman–Crippen MR) is 105 cm³/mol. The van der Waals surface area contributed by atoms with Crippen molar-refractivity contribution in [2.75, 3.05) is 6.54 Å². The van der Waals surface area contributed by atoms with Gasteiger partial charge in [0.2, 0.25) is 5.91 Å². The van der Waals surface area contributed by atoms with Gasteiger partial charge in [-0.05, 0) is 37.9 Å². The standard InChI is InChI=1S/C22H19NO3/c24-13-18(25)10-11-23-20(26)12-17-7-6-16-5-4-14-2-1-3-15-8-9-19(17)22(16)21(14)15/h1-9,13,24-25H,10-12H2,(H,23,26)/b18-13+. The molecule has 0 atom stereocenters. The van der Waals surface area contributed by atoms with Gasteiger partial charge in [0.25, 0.3) is 0 Å². The minimum atomic E-state index is -0.145. The van der Waals surface area contributed by atoms with E-state index in [0.29, 0.717) is 6.26 Å². The third-order valence-electron chi connectivity index (χ3n) is 4.82. The van der Waals surface area contributed by atoms with Gasteiger partial charge in [-0.15, -0.1) is 0 Å². The molecule has 1 amide bonds. The van der Waals surface area contributed by atoms with Crippen LogP contribution in [0.1, 0.15) is 12.0 Å². The van der Waals surface area contributed by atoms with E-state index in [-0.39, 0.29) is 31.1 Å². The Morgan fingerprint density at radius 1 is 0.923 bits per heavy atom. The second kappa shape index (κ2) is 6.56. The molecule has 0 unspecified atom stereocenters. The number of aliphatic hydroxyl groups excluding tert-OH is 2. The summed E-state index contributed by atoms with van der Waals surface area (Å²) in [7, 11) is 0. The molecule has 0 aliphatic rings. The second-order valence-electron chi connectivity index (χ2n) is 6.48. The molecule has 0 aromatic heterocycles. The summed E-state index contributed by atoms with van der Waals surface area (Å²) in [5.41, 5.74) is 0.982. The first-order chi connectivity index (χ1) is 12.7. The normalized spacial score (nSPS) is 12.2. The molecule has 0 aliphatic heterocycles. The van der Waals surface area contributed by atoms with Crippen LogP contribution in [-0.2, 0) is 11.2 Å². The van der Waals surface area contributed by atoms with Crippen molar-refractivity contribution in [3.05, 3.63) is 72.2 Å². The monoisotopic (exact) mass is 345 g/mol. The van der Waals surface area contributed by atoms with E-state index in [2.05, 4.69) is 53.8 Å².